The van der Waals surface area contributed by atoms with Crippen LogP contribution in [0.5, 0.6) is 0 Å². The van der Waals surface area contributed by atoms with Crippen LogP contribution in [-0.4, -0.2) is 46.1 Å². The Kier molecular flexibility index (Phi) is 7.65. The average molecular weight is 308 g/mol. The van der Waals surface area contributed by atoms with E-state index in [1.54, 1.807) is 7.11 Å². The first-order valence-corrected chi connectivity index (χ1v) is 7.78. The molecule has 0 aliphatic rings. The lowest BCUT2D eigenvalue weighted by Gasteiger charge is -2.25. The molecule has 0 bridgehead atoms. The number of thioether (sulfide) groups is 1. The van der Waals surface area contributed by atoms with Gasteiger partial charge in [-0.3, -0.25) is 4.79 Å². The highest BCUT2D eigenvalue weighted by Gasteiger charge is 2.15. The van der Waals surface area contributed by atoms with E-state index in [2.05, 4.69) is 10.8 Å². The van der Waals surface area contributed by atoms with Gasteiger partial charge in [0, 0.05) is 25.1 Å². The normalized spacial score (nSPS) is 10.0. The molecule has 0 heterocycles. The Morgan fingerprint density at radius 3 is 2.71 bits per heavy atom. The third-order valence-electron chi connectivity index (χ3n) is 3.06. The van der Waals surface area contributed by atoms with E-state index in [0.29, 0.717) is 25.3 Å². The molecule has 0 aromatic heterocycles. The molecule has 0 fully saturated rings. The van der Waals surface area contributed by atoms with Crippen molar-refractivity contribution in [3.8, 4) is 6.07 Å². The van der Waals surface area contributed by atoms with E-state index in [1.807, 2.05) is 29.4 Å². The Hall–Kier alpha value is -1.71. The number of nitrogens with zero attached hydrogens (tertiary/aromatic N) is 2. The van der Waals surface area contributed by atoms with Crippen molar-refractivity contribution in [3.05, 3.63) is 23.8 Å². The Bertz CT molecular complexity index is 514. The van der Waals surface area contributed by atoms with Gasteiger partial charge < -0.3 is 14.4 Å². The fourth-order valence-electron chi connectivity index (χ4n) is 1.95. The third-order valence-corrected chi connectivity index (χ3v) is 3.84. The number of ether oxygens (including phenoxy) is 2. The number of carbonyl (C=O) groups excluding carboxylic acids is 1. The van der Waals surface area contributed by atoms with Gasteiger partial charge in [0.15, 0.2) is 0 Å². The smallest absolute Gasteiger partial charge is 0.307 e. The van der Waals surface area contributed by atoms with E-state index in [0.717, 1.165) is 10.6 Å². The molecule has 0 aliphatic heterocycles. The molecule has 1 aromatic rings. The second-order valence-corrected chi connectivity index (χ2v) is 5.12. The highest BCUT2D eigenvalue weighted by atomic mass is 32.2. The number of anilines is 1. The molecule has 1 aromatic carbocycles. The maximum absolute atomic E-state index is 11.3. The zero-order valence-corrected chi connectivity index (χ0v) is 13.4. The van der Waals surface area contributed by atoms with E-state index < -0.39 is 0 Å². The number of rotatable bonds is 8. The fourth-order valence-corrected chi connectivity index (χ4v) is 2.52. The molecule has 0 radical (unpaired) electrons. The first-order valence-electron chi connectivity index (χ1n) is 6.55. The van der Waals surface area contributed by atoms with Gasteiger partial charge in [-0.05, 0) is 18.4 Å². The monoisotopic (exact) mass is 308 g/mol. The van der Waals surface area contributed by atoms with Crippen molar-refractivity contribution in [2.45, 2.75) is 11.3 Å². The minimum Gasteiger partial charge on any atom is -0.469 e. The van der Waals surface area contributed by atoms with Crippen LogP contribution in [0, 0.1) is 11.3 Å². The molecule has 5 nitrogen and oxygen atoms in total. The molecule has 1 rings (SSSR count). The van der Waals surface area contributed by atoms with Gasteiger partial charge in [-0.25, -0.2) is 0 Å². The van der Waals surface area contributed by atoms with Crippen molar-refractivity contribution in [3.63, 3.8) is 0 Å². The molecule has 0 saturated heterocycles. The molecule has 21 heavy (non-hydrogen) atoms. The molecular formula is C15H20N2O3S. The second-order valence-electron chi connectivity index (χ2n) is 4.27. The minimum absolute atomic E-state index is 0.267. The van der Waals surface area contributed by atoms with E-state index in [-0.39, 0.29) is 12.4 Å². The first-order chi connectivity index (χ1) is 10.2. The molecule has 0 N–H and O–H groups in total. The predicted molar refractivity (Wildman–Crippen MR) is 83.7 cm³/mol. The lowest BCUT2D eigenvalue weighted by molar-refractivity contribution is -0.140. The summed E-state index contributed by atoms with van der Waals surface area (Å²) < 4.78 is 9.79. The Labute approximate surface area is 129 Å². The summed E-state index contributed by atoms with van der Waals surface area (Å²) in [5.41, 5.74) is 1.45. The molecule has 0 spiro atoms. The lowest BCUT2D eigenvalue weighted by atomic mass is 10.1. The van der Waals surface area contributed by atoms with Crippen molar-refractivity contribution >= 4 is 23.4 Å². The van der Waals surface area contributed by atoms with Gasteiger partial charge in [0.1, 0.15) is 6.07 Å². The number of hydrogen-bond donors (Lipinski definition) is 0. The van der Waals surface area contributed by atoms with Crippen molar-refractivity contribution < 1.29 is 14.3 Å². The van der Waals surface area contributed by atoms with Crippen LogP contribution in [-0.2, 0) is 14.3 Å². The quantitative estimate of drug-likeness (QED) is 0.542. The number of carbonyl (C=O) groups is 1. The Morgan fingerprint density at radius 1 is 1.38 bits per heavy atom. The van der Waals surface area contributed by atoms with Crippen LogP contribution in [0.25, 0.3) is 0 Å². The van der Waals surface area contributed by atoms with Crippen LogP contribution in [0.15, 0.2) is 23.1 Å². The highest BCUT2D eigenvalue weighted by molar-refractivity contribution is 7.98. The molecule has 0 saturated carbocycles. The summed E-state index contributed by atoms with van der Waals surface area (Å²) in [6, 6.07) is 7.98. The SMILES string of the molecule is COCCN(CCC(=O)OC)c1cccc(SC)c1C#N. The Morgan fingerprint density at radius 2 is 2.14 bits per heavy atom. The maximum atomic E-state index is 11.3. The largest absolute Gasteiger partial charge is 0.469 e. The standard InChI is InChI=1S/C15H20N2O3S/c1-19-10-9-17(8-7-15(18)20-2)13-5-4-6-14(21-3)12(13)11-16/h4-6H,7-10H2,1-3H3. The summed E-state index contributed by atoms with van der Waals surface area (Å²) in [6.45, 7) is 1.62. The molecule has 0 unspecified atom stereocenters. The van der Waals surface area contributed by atoms with Gasteiger partial charge in [-0.1, -0.05) is 6.07 Å². The van der Waals surface area contributed by atoms with Crippen LogP contribution in [0.1, 0.15) is 12.0 Å². The van der Waals surface area contributed by atoms with Gasteiger partial charge in [-0.2, -0.15) is 5.26 Å². The summed E-state index contributed by atoms with van der Waals surface area (Å²) >= 11 is 1.53. The zero-order valence-electron chi connectivity index (χ0n) is 12.6. The third kappa shape index (κ3) is 4.96. The molecule has 0 aliphatic carbocycles. The number of esters is 1. The van der Waals surface area contributed by atoms with E-state index in [4.69, 9.17) is 4.74 Å². The van der Waals surface area contributed by atoms with E-state index >= 15 is 0 Å². The van der Waals surface area contributed by atoms with Gasteiger partial charge >= 0.3 is 5.97 Å². The predicted octanol–water partition coefficient (Wildman–Crippen LogP) is 2.30. The molecule has 114 valence electrons. The van der Waals surface area contributed by atoms with Crippen LogP contribution >= 0.6 is 11.8 Å². The highest BCUT2D eigenvalue weighted by Crippen LogP contribution is 2.29. The molecule has 0 amide bonds. The van der Waals surface area contributed by atoms with Crippen LogP contribution < -0.4 is 4.90 Å². The van der Waals surface area contributed by atoms with Gasteiger partial charge in [0.2, 0.25) is 0 Å². The first kappa shape index (κ1) is 17.3. The molecule has 6 heteroatoms. The summed E-state index contributed by atoms with van der Waals surface area (Å²) in [5.74, 6) is -0.267. The Balaban J connectivity index is 3.02. The van der Waals surface area contributed by atoms with E-state index in [1.165, 1.54) is 18.9 Å². The maximum Gasteiger partial charge on any atom is 0.307 e. The van der Waals surface area contributed by atoms with Gasteiger partial charge in [0.25, 0.3) is 0 Å². The van der Waals surface area contributed by atoms with Crippen LogP contribution in [0.2, 0.25) is 0 Å². The summed E-state index contributed by atoms with van der Waals surface area (Å²) in [6.07, 6.45) is 2.21. The van der Waals surface area contributed by atoms with Crippen LogP contribution in [0.3, 0.4) is 0 Å². The van der Waals surface area contributed by atoms with Crippen molar-refractivity contribution in [1.82, 2.24) is 0 Å². The van der Waals surface area contributed by atoms with Crippen molar-refractivity contribution in [2.75, 3.05) is 45.1 Å². The summed E-state index contributed by atoms with van der Waals surface area (Å²) in [7, 11) is 3.00. The lowest BCUT2D eigenvalue weighted by Crippen LogP contribution is -2.30. The van der Waals surface area contributed by atoms with Crippen LogP contribution in [0.4, 0.5) is 5.69 Å². The van der Waals surface area contributed by atoms with Gasteiger partial charge in [-0.15, -0.1) is 11.8 Å². The van der Waals surface area contributed by atoms with E-state index in [9.17, 15) is 10.1 Å². The number of methoxy groups -OCH3 is 2. The van der Waals surface area contributed by atoms with Crippen molar-refractivity contribution in [2.24, 2.45) is 0 Å². The fraction of sp³-hybridized carbons (Fsp3) is 0.467. The summed E-state index contributed by atoms with van der Waals surface area (Å²) in [5, 5.41) is 9.42. The van der Waals surface area contributed by atoms with Crippen molar-refractivity contribution in [1.29, 1.82) is 5.26 Å². The molecular weight excluding hydrogens is 288 g/mol. The average Bonchev–Trinajstić information content (AvgIpc) is 2.53. The minimum atomic E-state index is -0.267. The second kappa shape index (κ2) is 9.27. The van der Waals surface area contributed by atoms with Gasteiger partial charge in [0.05, 0.1) is 31.4 Å². The summed E-state index contributed by atoms with van der Waals surface area (Å²) in [4.78, 5) is 14.3. The zero-order chi connectivity index (χ0) is 15.7. The number of nitriles is 1. The molecule has 0 atom stereocenters. The number of hydrogen-bond acceptors (Lipinski definition) is 6. The number of benzene rings is 1. The topological polar surface area (TPSA) is 62.6 Å².